The molecule has 0 amide bonds. The number of H-pyrrole nitrogens is 1. The molecule has 0 bridgehead atoms. The van der Waals surface area contributed by atoms with Crippen LogP contribution in [0.1, 0.15) is 15.9 Å². The van der Waals surface area contributed by atoms with Gasteiger partial charge in [-0.25, -0.2) is 0 Å². The van der Waals surface area contributed by atoms with Gasteiger partial charge in [-0.15, -0.1) is 0 Å². The Balaban J connectivity index is 1.39. The fourth-order valence-corrected chi connectivity index (χ4v) is 5.62. The minimum atomic E-state index is 0.0926. The minimum Gasteiger partial charge on any atom is -0.455 e. The fourth-order valence-electron chi connectivity index (χ4n) is 5.62. The number of benzene rings is 5. The van der Waals surface area contributed by atoms with Crippen molar-refractivity contribution in [3.8, 4) is 22.3 Å². The van der Waals surface area contributed by atoms with Crippen molar-refractivity contribution in [1.29, 1.82) is 0 Å². The van der Waals surface area contributed by atoms with Gasteiger partial charge in [0.2, 0.25) is 0 Å². The maximum atomic E-state index is 13.3. The molecule has 0 aliphatic heterocycles. The molecule has 8 rings (SSSR count). The lowest BCUT2D eigenvalue weighted by molar-refractivity contribution is 0.104. The van der Waals surface area contributed by atoms with E-state index in [1.807, 2.05) is 42.5 Å². The van der Waals surface area contributed by atoms with Gasteiger partial charge in [0.05, 0.1) is 11.1 Å². The van der Waals surface area contributed by atoms with E-state index in [0.717, 1.165) is 77.1 Å². The summed E-state index contributed by atoms with van der Waals surface area (Å²) in [6.07, 6.45) is 0. The van der Waals surface area contributed by atoms with Gasteiger partial charge in [0, 0.05) is 38.2 Å². The van der Waals surface area contributed by atoms with Crippen molar-refractivity contribution in [2.24, 2.45) is 0 Å². The average molecular weight is 435 g/mol. The van der Waals surface area contributed by atoms with Gasteiger partial charge in [0.1, 0.15) is 11.2 Å². The van der Waals surface area contributed by atoms with E-state index >= 15 is 0 Å². The Bertz CT molecular complexity index is 1990. The molecule has 0 spiro atoms. The average Bonchev–Trinajstić information content (AvgIpc) is 3.53. The number of hydrogen-bond acceptors (Lipinski definition) is 2. The summed E-state index contributed by atoms with van der Waals surface area (Å²) >= 11 is 0. The van der Waals surface area contributed by atoms with E-state index in [0.29, 0.717) is 0 Å². The highest BCUT2D eigenvalue weighted by Crippen LogP contribution is 2.43. The van der Waals surface area contributed by atoms with Crippen LogP contribution in [0.25, 0.3) is 66.0 Å². The number of rotatable bonds is 1. The summed E-state index contributed by atoms with van der Waals surface area (Å²) in [7, 11) is 0. The van der Waals surface area contributed by atoms with Crippen molar-refractivity contribution in [3.63, 3.8) is 0 Å². The summed E-state index contributed by atoms with van der Waals surface area (Å²) in [5.74, 6) is 0.0926. The number of aromatic amines is 1. The van der Waals surface area contributed by atoms with Crippen molar-refractivity contribution in [1.82, 2.24) is 4.98 Å². The Hall–Kier alpha value is -4.63. The number of aromatic nitrogens is 1. The topological polar surface area (TPSA) is 46.0 Å². The number of ketones is 1. The van der Waals surface area contributed by atoms with Gasteiger partial charge in [-0.1, -0.05) is 78.9 Å². The van der Waals surface area contributed by atoms with Crippen molar-refractivity contribution in [3.05, 3.63) is 108 Å². The first-order chi connectivity index (χ1) is 16.8. The fraction of sp³-hybridized carbons (Fsp3) is 0. The standard InChI is InChI=1S/C31H17NO2/c33-30-23-8-2-1-6-19(23)21-13-14-22-25-16-17(12-15-26(25)32-29(22)28(21)30)18-9-5-10-24-20-7-3-4-11-27(20)34-31(18)24/h1-16,32H. The summed E-state index contributed by atoms with van der Waals surface area (Å²) in [6, 6.07) is 33.0. The van der Waals surface area contributed by atoms with E-state index in [9.17, 15) is 4.79 Å². The smallest absolute Gasteiger partial charge is 0.196 e. The summed E-state index contributed by atoms with van der Waals surface area (Å²) < 4.78 is 6.28. The number of nitrogens with one attached hydrogen (secondary N) is 1. The zero-order valence-electron chi connectivity index (χ0n) is 18.1. The molecule has 0 saturated carbocycles. The lowest BCUT2D eigenvalue weighted by Crippen LogP contribution is -1.95. The van der Waals surface area contributed by atoms with Gasteiger partial charge in [-0.2, -0.15) is 0 Å². The van der Waals surface area contributed by atoms with Crippen LogP contribution in [0.15, 0.2) is 101 Å². The number of hydrogen-bond donors (Lipinski definition) is 1. The molecule has 1 aliphatic carbocycles. The van der Waals surface area contributed by atoms with Crippen LogP contribution in [-0.4, -0.2) is 10.8 Å². The first-order valence-electron chi connectivity index (χ1n) is 11.4. The third kappa shape index (κ3) is 2.18. The Morgan fingerprint density at radius 3 is 2.32 bits per heavy atom. The lowest BCUT2D eigenvalue weighted by atomic mass is 9.99. The predicted octanol–water partition coefficient (Wildman–Crippen LogP) is 8.10. The molecule has 34 heavy (non-hydrogen) atoms. The lowest BCUT2D eigenvalue weighted by Gasteiger charge is -2.04. The van der Waals surface area contributed by atoms with Crippen LogP contribution in [0.3, 0.4) is 0 Å². The van der Waals surface area contributed by atoms with Gasteiger partial charge in [-0.3, -0.25) is 4.79 Å². The Kier molecular flexibility index (Phi) is 3.28. The first kappa shape index (κ1) is 17.9. The van der Waals surface area contributed by atoms with Crippen LogP contribution in [-0.2, 0) is 0 Å². The van der Waals surface area contributed by atoms with E-state index in [4.69, 9.17) is 4.42 Å². The number of carbonyl (C=O) groups excluding carboxylic acids is 1. The number of furan rings is 1. The molecule has 0 atom stereocenters. The second kappa shape index (κ2) is 6.24. The molecule has 1 N–H and O–H groups in total. The Labute approximate surface area is 194 Å². The molecule has 5 aromatic carbocycles. The highest BCUT2D eigenvalue weighted by Gasteiger charge is 2.29. The second-order valence-corrected chi connectivity index (χ2v) is 8.95. The minimum absolute atomic E-state index is 0.0926. The van der Waals surface area contributed by atoms with Crippen LogP contribution in [0.4, 0.5) is 0 Å². The molecule has 0 fully saturated rings. The summed E-state index contributed by atoms with van der Waals surface area (Å²) in [4.78, 5) is 16.8. The molecular weight excluding hydrogens is 418 g/mol. The Morgan fingerprint density at radius 1 is 0.588 bits per heavy atom. The summed E-state index contributed by atoms with van der Waals surface area (Å²) in [5.41, 5.74) is 9.45. The molecule has 0 saturated heterocycles. The number of fused-ring (bicyclic) bond motifs is 10. The summed E-state index contributed by atoms with van der Waals surface area (Å²) in [6.45, 7) is 0. The largest absolute Gasteiger partial charge is 0.455 e. The van der Waals surface area contributed by atoms with Gasteiger partial charge < -0.3 is 9.40 Å². The zero-order chi connectivity index (χ0) is 22.4. The number of para-hydroxylation sites is 2. The van der Waals surface area contributed by atoms with Crippen LogP contribution >= 0.6 is 0 Å². The van der Waals surface area contributed by atoms with Crippen molar-refractivity contribution < 1.29 is 9.21 Å². The van der Waals surface area contributed by atoms with E-state index in [1.54, 1.807) is 0 Å². The third-order valence-electron chi connectivity index (χ3n) is 7.18. The molecule has 3 nitrogen and oxygen atoms in total. The molecule has 2 aromatic heterocycles. The quantitative estimate of drug-likeness (QED) is 0.283. The van der Waals surface area contributed by atoms with Crippen LogP contribution in [0.5, 0.6) is 0 Å². The van der Waals surface area contributed by atoms with Gasteiger partial charge in [-0.05, 0) is 34.9 Å². The monoisotopic (exact) mass is 435 g/mol. The third-order valence-corrected chi connectivity index (χ3v) is 7.18. The maximum absolute atomic E-state index is 13.3. The van der Waals surface area contributed by atoms with Crippen LogP contribution in [0, 0.1) is 0 Å². The van der Waals surface area contributed by atoms with Gasteiger partial charge >= 0.3 is 0 Å². The zero-order valence-corrected chi connectivity index (χ0v) is 18.1. The van der Waals surface area contributed by atoms with Crippen molar-refractivity contribution in [2.45, 2.75) is 0 Å². The number of carbonyl (C=O) groups is 1. The van der Waals surface area contributed by atoms with Crippen LogP contribution < -0.4 is 0 Å². The molecular formula is C31H17NO2. The first-order valence-corrected chi connectivity index (χ1v) is 11.4. The normalized spacial score (nSPS) is 12.8. The van der Waals surface area contributed by atoms with E-state index in [2.05, 4.69) is 59.6 Å². The van der Waals surface area contributed by atoms with Crippen LogP contribution in [0.2, 0.25) is 0 Å². The molecule has 1 aliphatic rings. The highest BCUT2D eigenvalue weighted by molar-refractivity contribution is 6.29. The Morgan fingerprint density at radius 2 is 1.38 bits per heavy atom. The SMILES string of the molecule is O=C1c2ccccc2-c2ccc3c([nH]c4ccc(-c5cccc6c5oc5ccccc56)cc43)c21. The molecule has 7 aromatic rings. The second-order valence-electron chi connectivity index (χ2n) is 8.95. The van der Waals surface area contributed by atoms with Gasteiger partial charge in [0.25, 0.3) is 0 Å². The molecule has 3 heteroatoms. The maximum Gasteiger partial charge on any atom is 0.196 e. The molecule has 2 heterocycles. The van der Waals surface area contributed by atoms with E-state index in [-0.39, 0.29) is 5.78 Å². The van der Waals surface area contributed by atoms with E-state index < -0.39 is 0 Å². The molecule has 0 radical (unpaired) electrons. The molecule has 0 unspecified atom stereocenters. The predicted molar refractivity (Wildman–Crippen MR) is 137 cm³/mol. The van der Waals surface area contributed by atoms with E-state index in [1.165, 1.54) is 0 Å². The van der Waals surface area contributed by atoms with Crippen molar-refractivity contribution in [2.75, 3.05) is 0 Å². The summed E-state index contributed by atoms with van der Waals surface area (Å²) in [5, 5.41) is 4.41. The van der Waals surface area contributed by atoms with Crippen molar-refractivity contribution >= 4 is 49.5 Å². The van der Waals surface area contributed by atoms with Gasteiger partial charge in [0.15, 0.2) is 5.78 Å². The highest BCUT2D eigenvalue weighted by atomic mass is 16.3. The molecule has 158 valence electrons.